The molecule has 7 heteroatoms. The molecule has 1 aromatic rings. The van der Waals surface area contributed by atoms with E-state index in [0.29, 0.717) is 18.4 Å². The number of alkyl halides is 3. The summed E-state index contributed by atoms with van der Waals surface area (Å²) in [6.07, 6.45) is -3.37. The van der Waals surface area contributed by atoms with Crippen molar-refractivity contribution in [2.45, 2.75) is 44.8 Å². The van der Waals surface area contributed by atoms with Crippen molar-refractivity contribution in [1.82, 2.24) is 5.32 Å². The smallest absolute Gasteiger partial charge is 0.416 e. The Balaban J connectivity index is 2.47. The number of nitrogens with one attached hydrogen (secondary N) is 1. The second kappa shape index (κ2) is 7.82. The molecule has 0 saturated carbocycles. The van der Waals surface area contributed by atoms with E-state index in [4.69, 9.17) is 5.11 Å². The van der Waals surface area contributed by atoms with E-state index in [1.54, 1.807) is 13.0 Å². The monoisotopic (exact) mass is 317 g/mol. The van der Waals surface area contributed by atoms with Crippen molar-refractivity contribution in [2.75, 3.05) is 0 Å². The maximum absolute atomic E-state index is 12.6. The minimum absolute atomic E-state index is 0.0695. The number of carboxylic acids is 1. The zero-order valence-corrected chi connectivity index (χ0v) is 12.1. The summed E-state index contributed by atoms with van der Waals surface area (Å²) in [6.45, 7) is 1.64. The van der Waals surface area contributed by atoms with E-state index < -0.39 is 29.7 Å². The largest absolute Gasteiger partial charge is 0.480 e. The van der Waals surface area contributed by atoms with E-state index in [-0.39, 0.29) is 12.8 Å². The molecule has 0 bridgehead atoms. The van der Waals surface area contributed by atoms with Crippen molar-refractivity contribution in [2.24, 2.45) is 0 Å². The van der Waals surface area contributed by atoms with Gasteiger partial charge in [-0.3, -0.25) is 4.79 Å². The molecule has 1 rings (SSSR count). The summed E-state index contributed by atoms with van der Waals surface area (Å²) in [5.74, 6) is -1.52. The Morgan fingerprint density at radius 1 is 1.32 bits per heavy atom. The van der Waals surface area contributed by atoms with E-state index in [9.17, 15) is 22.8 Å². The summed E-state index contributed by atoms with van der Waals surface area (Å²) >= 11 is 0. The van der Waals surface area contributed by atoms with Crippen molar-refractivity contribution >= 4 is 11.9 Å². The molecule has 0 spiro atoms. The molecule has 0 aromatic heterocycles. The number of benzene rings is 1. The van der Waals surface area contributed by atoms with Crippen LogP contribution in [0, 0.1) is 0 Å². The standard InChI is InChI=1S/C15H18F3NO3/c1-2-12(14(21)22)19-13(20)8-4-6-10-5-3-7-11(9-10)15(16,17)18/h3,5,7,9,12H,2,4,6,8H2,1H3,(H,19,20)(H,21,22). The van der Waals surface area contributed by atoms with E-state index in [0.717, 1.165) is 12.1 Å². The summed E-state index contributed by atoms with van der Waals surface area (Å²) in [5, 5.41) is 11.2. The van der Waals surface area contributed by atoms with Crippen LogP contribution in [0.2, 0.25) is 0 Å². The Morgan fingerprint density at radius 2 is 2.00 bits per heavy atom. The summed E-state index contributed by atoms with van der Waals surface area (Å²) in [4.78, 5) is 22.4. The summed E-state index contributed by atoms with van der Waals surface area (Å²) < 4.78 is 37.7. The maximum atomic E-state index is 12.6. The molecule has 0 aliphatic rings. The molecule has 1 unspecified atom stereocenters. The molecule has 1 atom stereocenters. The van der Waals surface area contributed by atoms with Gasteiger partial charge in [-0.2, -0.15) is 13.2 Å². The highest BCUT2D eigenvalue weighted by Crippen LogP contribution is 2.29. The van der Waals surface area contributed by atoms with Gasteiger partial charge in [0.05, 0.1) is 5.56 Å². The molecule has 0 radical (unpaired) electrons. The quantitative estimate of drug-likeness (QED) is 0.812. The third-order valence-corrected chi connectivity index (χ3v) is 3.17. The van der Waals surface area contributed by atoms with Crippen LogP contribution in [0.25, 0.3) is 0 Å². The van der Waals surface area contributed by atoms with Crippen LogP contribution in [0.4, 0.5) is 13.2 Å². The second-order valence-electron chi connectivity index (χ2n) is 4.92. The number of aryl methyl sites for hydroxylation is 1. The molecule has 0 saturated heterocycles. The van der Waals surface area contributed by atoms with Crippen LogP contribution in [0.5, 0.6) is 0 Å². The Hall–Kier alpha value is -2.05. The first-order chi connectivity index (χ1) is 10.2. The number of hydrogen-bond acceptors (Lipinski definition) is 2. The summed E-state index contributed by atoms with van der Waals surface area (Å²) in [6, 6.07) is 4.02. The van der Waals surface area contributed by atoms with Crippen LogP contribution in [-0.4, -0.2) is 23.0 Å². The van der Waals surface area contributed by atoms with Gasteiger partial charge in [0.2, 0.25) is 5.91 Å². The predicted octanol–water partition coefficient (Wildman–Crippen LogP) is 3.01. The Labute approximate surface area is 126 Å². The van der Waals surface area contributed by atoms with Gasteiger partial charge in [-0.1, -0.05) is 25.1 Å². The van der Waals surface area contributed by atoms with Crippen LogP contribution in [-0.2, 0) is 22.2 Å². The first kappa shape index (κ1) is 18.0. The lowest BCUT2D eigenvalue weighted by atomic mass is 10.0. The molecule has 1 aromatic carbocycles. The fraction of sp³-hybridized carbons (Fsp3) is 0.467. The number of rotatable bonds is 7. The highest BCUT2D eigenvalue weighted by atomic mass is 19.4. The van der Waals surface area contributed by atoms with Gasteiger partial charge in [0.1, 0.15) is 6.04 Å². The molecule has 122 valence electrons. The van der Waals surface area contributed by atoms with Gasteiger partial charge < -0.3 is 10.4 Å². The second-order valence-corrected chi connectivity index (χ2v) is 4.92. The van der Waals surface area contributed by atoms with Crippen LogP contribution < -0.4 is 5.32 Å². The number of carbonyl (C=O) groups excluding carboxylic acids is 1. The van der Waals surface area contributed by atoms with Crippen molar-refractivity contribution < 1.29 is 27.9 Å². The first-order valence-corrected chi connectivity index (χ1v) is 6.92. The zero-order chi connectivity index (χ0) is 16.8. The predicted molar refractivity (Wildman–Crippen MR) is 74.2 cm³/mol. The fourth-order valence-corrected chi connectivity index (χ4v) is 1.96. The van der Waals surface area contributed by atoms with Gasteiger partial charge in [-0.05, 0) is 30.9 Å². The Morgan fingerprint density at radius 3 is 2.55 bits per heavy atom. The molecule has 0 fully saturated rings. The lowest BCUT2D eigenvalue weighted by Gasteiger charge is -2.12. The minimum atomic E-state index is -4.39. The highest BCUT2D eigenvalue weighted by Gasteiger charge is 2.30. The first-order valence-electron chi connectivity index (χ1n) is 6.92. The number of halogens is 3. The van der Waals surface area contributed by atoms with E-state index in [2.05, 4.69) is 5.32 Å². The Kier molecular flexibility index (Phi) is 6.39. The topological polar surface area (TPSA) is 66.4 Å². The number of hydrogen-bond donors (Lipinski definition) is 2. The van der Waals surface area contributed by atoms with Gasteiger partial charge in [-0.15, -0.1) is 0 Å². The average molecular weight is 317 g/mol. The van der Waals surface area contributed by atoms with Crippen molar-refractivity contribution in [1.29, 1.82) is 0 Å². The molecule has 2 N–H and O–H groups in total. The third-order valence-electron chi connectivity index (χ3n) is 3.17. The summed E-state index contributed by atoms with van der Waals surface area (Å²) in [7, 11) is 0. The Bertz CT molecular complexity index is 529. The van der Waals surface area contributed by atoms with E-state index in [1.807, 2.05) is 0 Å². The molecule has 1 amide bonds. The third kappa shape index (κ3) is 5.75. The molecular weight excluding hydrogens is 299 g/mol. The molecule has 0 heterocycles. The van der Waals surface area contributed by atoms with Gasteiger partial charge in [0.15, 0.2) is 0 Å². The minimum Gasteiger partial charge on any atom is -0.480 e. The zero-order valence-electron chi connectivity index (χ0n) is 12.1. The molecule has 0 aliphatic heterocycles. The van der Waals surface area contributed by atoms with Crippen LogP contribution in [0.3, 0.4) is 0 Å². The average Bonchev–Trinajstić information content (AvgIpc) is 2.44. The molecule has 0 aliphatic carbocycles. The number of amides is 1. The van der Waals surface area contributed by atoms with Gasteiger partial charge in [0, 0.05) is 6.42 Å². The normalized spacial score (nSPS) is 12.7. The van der Waals surface area contributed by atoms with Gasteiger partial charge in [0.25, 0.3) is 0 Å². The number of carbonyl (C=O) groups is 2. The molecule has 4 nitrogen and oxygen atoms in total. The van der Waals surface area contributed by atoms with Crippen molar-refractivity contribution in [3.05, 3.63) is 35.4 Å². The molecule has 22 heavy (non-hydrogen) atoms. The summed E-state index contributed by atoms with van der Waals surface area (Å²) in [5.41, 5.74) is -0.223. The van der Waals surface area contributed by atoms with Gasteiger partial charge >= 0.3 is 12.1 Å². The van der Waals surface area contributed by atoms with Gasteiger partial charge in [-0.25, -0.2) is 4.79 Å². The highest BCUT2D eigenvalue weighted by molar-refractivity contribution is 5.83. The van der Waals surface area contributed by atoms with E-state index in [1.165, 1.54) is 6.07 Å². The number of carboxylic acid groups (broad SMARTS) is 1. The molecular formula is C15H18F3NO3. The lowest BCUT2D eigenvalue weighted by Crippen LogP contribution is -2.40. The van der Waals surface area contributed by atoms with Crippen LogP contribution in [0.1, 0.15) is 37.3 Å². The van der Waals surface area contributed by atoms with Crippen LogP contribution >= 0.6 is 0 Å². The van der Waals surface area contributed by atoms with E-state index >= 15 is 0 Å². The fourth-order valence-electron chi connectivity index (χ4n) is 1.96. The van der Waals surface area contributed by atoms with Crippen LogP contribution in [0.15, 0.2) is 24.3 Å². The van der Waals surface area contributed by atoms with Crippen molar-refractivity contribution in [3.8, 4) is 0 Å². The maximum Gasteiger partial charge on any atom is 0.416 e. The number of aliphatic carboxylic acids is 1. The van der Waals surface area contributed by atoms with Crippen molar-refractivity contribution in [3.63, 3.8) is 0 Å². The SMILES string of the molecule is CCC(NC(=O)CCCc1cccc(C(F)(F)F)c1)C(=O)O. The lowest BCUT2D eigenvalue weighted by molar-refractivity contribution is -0.141.